The molecule has 0 bridgehead atoms. The van der Waals surface area contributed by atoms with Crippen LogP contribution in [0.5, 0.6) is 11.5 Å². The number of benzene rings is 4. The number of piperazine rings is 1. The standard InChI is InChI=1S/C58H66N8O7S2/c1-38(2)47-6-4-5-7-48(47)52-37-63(36-40-8-13-54-41(28-40)17-27-74-54)25-26-65(52)44-32-58(33-44)20-23-64(24-21-58)43-9-11-49(53(30-43)73-45-29-42-16-22-59-55(42)61-35-45)56(67)62-75(71,72)46-10-12-50(51(31-46)66(69)70)60-34-39-14-18-57(3,68)19-15-39/h4-13,16-17,22,27-31,35,38-39,44,52,60,68H,14-15,18-21,23-26,32-34,36-37H2,1-3H3,(H,59,61)(H,62,67). The molecule has 1 amide bonds. The van der Waals surface area contributed by atoms with E-state index in [9.17, 15) is 28.4 Å². The molecule has 17 heteroatoms. The molecule has 392 valence electrons. The first-order valence-electron chi connectivity index (χ1n) is 26.4. The number of anilines is 2. The molecule has 15 nitrogen and oxygen atoms in total. The predicted octanol–water partition coefficient (Wildman–Crippen LogP) is 11.4. The van der Waals surface area contributed by atoms with Crippen LogP contribution in [-0.4, -0.2) is 95.0 Å². The highest BCUT2D eigenvalue weighted by Crippen LogP contribution is 2.53. The zero-order chi connectivity index (χ0) is 52.1. The molecule has 7 aromatic rings. The van der Waals surface area contributed by atoms with Crippen molar-refractivity contribution in [3.05, 3.63) is 147 Å². The lowest BCUT2D eigenvalue weighted by Gasteiger charge is -2.58. The fraction of sp³-hybridized carbons (Fsp3) is 0.414. The zero-order valence-corrected chi connectivity index (χ0v) is 44.5. The van der Waals surface area contributed by atoms with Crippen LogP contribution in [0.15, 0.2) is 120 Å². The van der Waals surface area contributed by atoms with E-state index in [-0.39, 0.29) is 28.3 Å². The normalized spacial score (nSPS) is 21.6. The summed E-state index contributed by atoms with van der Waals surface area (Å²) >= 11 is 1.79. The molecule has 4 N–H and O–H groups in total. The Morgan fingerprint density at radius 1 is 0.947 bits per heavy atom. The highest BCUT2D eigenvalue weighted by molar-refractivity contribution is 7.90. The summed E-state index contributed by atoms with van der Waals surface area (Å²) in [4.78, 5) is 40.7. The Hall–Kier alpha value is -6.37. The number of rotatable bonds is 15. The Kier molecular flexibility index (Phi) is 14.0. The lowest BCUT2D eigenvalue weighted by Crippen LogP contribution is -2.60. The minimum Gasteiger partial charge on any atom is -0.455 e. The van der Waals surface area contributed by atoms with Gasteiger partial charge in [0.05, 0.1) is 27.2 Å². The topological polar surface area (TPSA) is 186 Å². The van der Waals surface area contributed by atoms with E-state index in [0.717, 1.165) is 94.9 Å². The minimum absolute atomic E-state index is 0.0247. The summed E-state index contributed by atoms with van der Waals surface area (Å²) in [6, 6.07) is 31.4. The average molecular weight is 1050 g/mol. The van der Waals surface area contributed by atoms with Gasteiger partial charge in [0, 0.05) is 92.0 Å². The number of amides is 1. The Labute approximate surface area is 442 Å². The summed E-state index contributed by atoms with van der Waals surface area (Å²) in [6.07, 6.45) is 10.5. The van der Waals surface area contributed by atoms with Gasteiger partial charge in [0.15, 0.2) is 0 Å². The van der Waals surface area contributed by atoms with Crippen LogP contribution < -0.4 is 19.7 Å². The van der Waals surface area contributed by atoms with Crippen molar-refractivity contribution in [1.29, 1.82) is 0 Å². The third-order valence-electron chi connectivity index (χ3n) is 16.7. The average Bonchev–Trinajstić information content (AvgIpc) is 4.07. The highest BCUT2D eigenvalue weighted by atomic mass is 32.2. The van der Waals surface area contributed by atoms with Gasteiger partial charge in [0.1, 0.15) is 22.8 Å². The fourth-order valence-corrected chi connectivity index (χ4v) is 14.1. The van der Waals surface area contributed by atoms with Gasteiger partial charge in [-0.15, -0.1) is 11.3 Å². The Bertz CT molecular complexity index is 3350. The van der Waals surface area contributed by atoms with E-state index in [1.54, 1.807) is 41.9 Å². The van der Waals surface area contributed by atoms with Gasteiger partial charge in [0.25, 0.3) is 21.6 Å². The molecule has 1 spiro atoms. The van der Waals surface area contributed by atoms with Crippen molar-refractivity contribution in [2.75, 3.05) is 49.5 Å². The fourth-order valence-electron chi connectivity index (χ4n) is 12.3. The Morgan fingerprint density at radius 2 is 1.75 bits per heavy atom. The second-order valence-electron chi connectivity index (χ2n) is 22.2. The van der Waals surface area contributed by atoms with Crippen LogP contribution in [0, 0.1) is 21.4 Å². The van der Waals surface area contributed by atoms with Crippen molar-refractivity contribution < 1.29 is 28.0 Å². The number of carbonyl (C=O) groups excluding carboxylic acids is 1. The number of fused-ring (bicyclic) bond motifs is 2. The maximum absolute atomic E-state index is 14.1. The number of H-pyrrole nitrogens is 1. The lowest BCUT2D eigenvalue weighted by atomic mass is 9.59. The second kappa shape index (κ2) is 20.6. The number of aliphatic hydroxyl groups is 1. The molecule has 3 aromatic heterocycles. The van der Waals surface area contributed by atoms with Crippen molar-refractivity contribution in [3.63, 3.8) is 0 Å². The van der Waals surface area contributed by atoms with Crippen molar-refractivity contribution in [2.45, 2.75) is 107 Å². The molecule has 4 fully saturated rings. The first-order valence-corrected chi connectivity index (χ1v) is 28.8. The first-order chi connectivity index (χ1) is 36.1. The molecule has 4 aromatic carbocycles. The smallest absolute Gasteiger partial charge is 0.293 e. The summed E-state index contributed by atoms with van der Waals surface area (Å²) in [5.41, 5.74) is 5.01. The number of nitro groups is 1. The second-order valence-corrected chi connectivity index (χ2v) is 24.8. The van der Waals surface area contributed by atoms with Crippen LogP contribution in [-0.2, 0) is 16.6 Å². The molecule has 2 aliphatic heterocycles. The molecule has 1 unspecified atom stereocenters. The molecular weight excluding hydrogens is 985 g/mol. The number of hydrogen-bond acceptors (Lipinski definition) is 13. The monoisotopic (exact) mass is 1050 g/mol. The van der Waals surface area contributed by atoms with Crippen LogP contribution >= 0.6 is 11.3 Å². The van der Waals surface area contributed by atoms with Crippen LogP contribution in [0.4, 0.5) is 17.1 Å². The minimum atomic E-state index is -4.59. The summed E-state index contributed by atoms with van der Waals surface area (Å²) in [5.74, 6) is 0.190. The number of piperidine rings is 1. The van der Waals surface area contributed by atoms with E-state index in [1.165, 1.54) is 38.9 Å². The third-order valence-corrected chi connectivity index (χ3v) is 18.9. The number of carbonyl (C=O) groups is 1. The van der Waals surface area contributed by atoms with Crippen LogP contribution in [0.3, 0.4) is 0 Å². The predicted molar refractivity (Wildman–Crippen MR) is 295 cm³/mol. The van der Waals surface area contributed by atoms with E-state index in [1.807, 2.05) is 19.1 Å². The molecule has 2 saturated heterocycles. The third kappa shape index (κ3) is 10.9. The summed E-state index contributed by atoms with van der Waals surface area (Å²) < 4.78 is 37.6. The molecular formula is C58H66N8O7S2. The number of ether oxygens (including phenoxy) is 1. The molecule has 11 rings (SSSR count). The summed E-state index contributed by atoms with van der Waals surface area (Å²) in [6.45, 7) is 12.5. The molecule has 75 heavy (non-hydrogen) atoms. The number of sulfonamides is 1. The van der Waals surface area contributed by atoms with Gasteiger partial charge < -0.3 is 25.0 Å². The molecule has 0 radical (unpaired) electrons. The van der Waals surface area contributed by atoms with Gasteiger partial charge in [-0.05, 0) is 158 Å². The van der Waals surface area contributed by atoms with Crippen LogP contribution in [0.1, 0.15) is 111 Å². The van der Waals surface area contributed by atoms with E-state index >= 15 is 0 Å². The number of thiophene rings is 1. The number of aromatic amines is 1. The van der Waals surface area contributed by atoms with Gasteiger partial charge in [-0.1, -0.05) is 44.2 Å². The Morgan fingerprint density at radius 3 is 2.53 bits per heavy atom. The number of nitro benzene ring substituents is 1. The van der Waals surface area contributed by atoms with Gasteiger partial charge in [-0.2, -0.15) is 0 Å². The molecule has 5 heterocycles. The van der Waals surface area contributed by atoms with Crippen molar-refractivity contribution in [1.82, 2.24) is 24.5 Å². The van der Waals surface area contributed by atoms with Crippen molar-refractivity contribution in [3.8, 4) is 11.5 Å². The number of hydrogen-bond donors (Lipinski definition) is 4. The van der Waals surface area contributed by atoms with Gasteiger partial charge >= 0.3 is 0 Å². The number of pyridine rings is 1. The molecule has 4 aliphatic rings. The number of aromatic nitrogens is 2. The van der Waals surface area contributed by atoms with Gasteiger partial charge in [0.2, 0.25) is 0 Å². The largest absolute Gasteiger partial charge is 0.455 e. The molecule has 1 atom stereocenters. The first kappa shape index (κ1) is 50.8. The number of nitrogens with one attached hydrogen (secondary N) is 3. The molecule has 2 saturated carbocycles. The summed E-state index contributed by atoms with van der Waals surface area (Å²) in [7, 11) is -4.59. The molecule has 2 aliphatic carbocycles. The number of nitrogens with zero attached hydrogens (tertiary/aromatic N) is 5. The zero-order valence-electron chi connectivity index (χ0n) is 42.8. The summed E-state index contributed by atoms with van der Waals surface area (Å²) in [5, 5.41) is 30.0. The quantitative estimate of drug-likeness (QED) is 0.0563. The maximum Gasteiger partial charge on any atom is 0.293 e. The van der Waals surface area contributed by atoms with Crippen molar-refractivity contribution in [2.24, 2.45) is 11.3 Å². The van der Waals surface area contributed by atoms with E-state index < -0.39 is 37.0 Å². The van der Waals surface area contributed by atoms with Gasteiger partial charge in [-0.25, -0.2) is 18.1 Å². The maximum atomic E-state index is 14.1. The van der Waals surface area contributed by atoms with Crippen LogP contribution in [0.2, 0.25) is 0 Å². The van der Waals surface area contributed by atoms with E-state index in [4.69, 9.17) is 4.74 Å². The van der Waals surface area contributed by atoms with Gasteiger partial charge in [-0.3, -0.25) is 24.7 Å². The Balaban J connectivity index is 0.780. The van der Waals surface area contributed by atoms with Crippen LogP contribution in [0.25, 0.3) is 21.1 Å². The SMILES string of the molecule is CC(C)c1ccccc1C1CN(Cc2ccc3sccc3c2)CCN1C1CC2(CCN(c3ccc(C(=O)NS(=O)(=O)c4ccc(NCC5CCC(C)(O)CC5)c([N+](=O)[O-])c4)c(Oc4cnc5[nH]ccc5c4)c3)CC2)C1. The van der Waals surface area contributed by atoms with Crippen molar-refractivity contribution >= 4 is 65.4 Å². The van der Waals surface area contributed by atoms with E-state index in [0.29, 0.717) is 48.8 Å². The van der Waals surface area contributed by atoms with E-state index in [2.05, 4.69) is 102 Å². The highest BCUT2D eigenvalue weighted by Gasteiger charge is 2.50. The lowest BCUT2D eigenvalue weighted by molar-refractivity contribution is -0.384.